The maximum absolute atomic E-state index is 5.91. The van der Waals surface area contributed by atoms with Gasteiger partial charge in [0.25, 0.3) is 0 Å². The van der Waals surface area contributed by atoms with Crippen LogP contribution in [0.1, 0.15) is 11.1 Å². The molecule has 2 rings (SSSR count). The van der Waals surface area contributed by atoms with Gasteiger partial charge in [-0.1, -0.05) is 24.3 Å². The summed E-state index contributed by atoms with van der Waals surface area (Å²) in [4.78, 5) is 1.22. The van der Waals surface area contributed by atoms with Crippen LogP contribution in [-0.4, -0.2) is 7.11 Å². The summed E-state index contributed by atoms with van der Waals surface area (Å²) < 4.78 is 5.35. The summed E-state index contributed by atoms with van der Waals surface area (Å²) in [5, 5.41) is 0. The number of anilines is 1. The number of rotatable bonds is 4. The van der Waals surface area contributed by atoms with E-state index in [2.05, 4.69) is 19.1 Å². The number of thioether (sulfide) groups is 1. The van der Waals surface area contributed by atoms with Gasteiger partial charge in [-0.2, -0.15) is 0 Å². The Morgan fingerprint density at radius 3 is 2.67 bits per heavy atom. The Hall–Kier alpha value is -1.61. The molecule has 0 amide bonds. The van der Waals surface area contributed by atoms with Crippen molar-refractivity contribution in [1.29, 1.82) is 0 Å². The minimum Gasteiger partial charge on any atom is -0.496 e. The van der Waals surface area contributed by atoms with Crippen LogP contribution in [0.15, 0.2) is 47.4 Å². The third-order valence-corrected chi connectivity index (χ3v) is 4.11. The van der Waals surface area contributed by atoms with Crippen LogP contribution >= 0.6 is 11.8 Å². The molecule has 0 aliphatic heterocycles. The van der Waals surface area contributed by atoms with E-state index in [1.54, 1.807) is 18.9 Å². The van der Waals surface area contributed by atoms with Crippen molar-refractivity contribution in [2.75, 3.05) is 12.8 Å². The lowest BCUT2D eigenvalue weighted by Crippen LogP contribution is -1.92. The molecule has 2 aromatic rings. The van der Waals surface area contributed by atoms with Crippen molar-refractivity contribution in [3.8, 4) is 5.75 Å². The first-order valence-corrected chi connectivity index (χ1v) is 6.80. The van der Waals surface area contributed by atoms with Gasteiger partial charge < -0.3 is 10.5 Å². The summed E-state index contributed by atoms with van der Waals surface area (Å²) in [5.41, 5.74) is 9.11. The van der Waals surface area contributed by atoms with Crippen LogP contribution < -0.4 is 10.5 Å². The molecule has 2 N–H and O–H groups in total. The first-order chi connectivity index (χ1) is 8.72. The molecule has 0 aliphatic rings. The summed E-state index contributed by atoms with van der Waals surface area (Å²) in [6.07, 6.45) is 0. The molecule has 2 aromatic carbocycles. The smallest absolute Gasteiger partial charge is 0.122 e. The standard InChI is InChI=1S/C15H17NOS/c1-11-13(16)7-5-9-15(11)18-10-12-6-3-4-8-14(12)17-2/h3-9H,10,16H2,1-2H3. The highest BCUT2D eigenvalue weighted by molar-refractivity contribution is 7.98. The molecular weight excluding hydrogens is 242 g/mol. The Morgan fingerprint density at radius 1 is 1.11 bits per heavy atom. The topological polar surface area (TPSA) is 35.2 Å². The molecule has 0 aromatic heterocycles. The lowest BCUT2D eigenvalue weighted by atomic mass is 10.2. The van der Waals surface area contributed by atoms with Crippen LogP contribution in [0.3, 0.4) is 0 Å². The fourth-order valence-corrected chi connectivity index (χ4v) is 2.82. The Labute approximate surface area is 112 Å². The van der Waals surface area contributed by atoms with Gasteiger partial charge in [-0.3, -0.25) is 0 Å². The van der Waals surface area contributed by atoms with Gasteiger partial charge in [-0.15, -0.1) is 11.8 Å². The maximum Gasteiger partial charge on any atom is 0.122 e. The normalized spacial score (nSPS) is 10.3. The number of para-hydroxylation sites is 1. The molecule has 0 bridgehead atoms. The van der Waals surface area contributed by atoms with Gasteiger partial charge in [0.15, 0.2) is 0 Å². The first kappa shape index (κ1) is 12.8. The number of nitrogens with two attached hydrogens (primary N) is 1. The van der Waals surface area contributed by atoms with Crippen molar-refractivity contribution in [2.24, 2.45) is 0 Å². The molecule has 3 heteroatoms. The minimum atomic E-state index is 0.847. The molecular formula is C15H17NOS. The van der Waals surface area contributed by atoms with Crippen molar-refractivity contribution in [3.05, 3.63) is 53.6 Å². The summed E-state index contributed by atoms with van der Waals surface area (Å²) in [6.45, 7) is 2.06. The highest BCUT2D eigenvalue weighted by Crippen LogP contribution is 2.31. The van der Waals surface area contributed by atoms with E-state index in [4.69, 9.17) is 10.5 Å². The van der Waals surface area contributed by atoms with Gasteiger partial charge in [0, 0.05) is 21.9 Å². The number of hydrogen-bond acceptors (Lipinski definition) is 3. The van der Waals surface area contributed by atoms with Crippen LogP contribution in [0, 0.1) is 6.92 Å². The Balaban J connectivity index is 2.14. The van der Waals surface area contributed by atoms with Crippen LogP contribution in [0.2, 0.25) is 0 Å². The number of hydrogen-bond donors (Lipinski definition) is 1. The predicted octanol–water partition coefficient (Wildman–Crippen LogP) is 3.88. The van der Waals surface area contributed by atoms with E-state index >= 15 is 0 Å². The second-order valence-electron chi connectivity index (χ2n) is 4.07. The van der Waals surface area contributed by atoms with Crippen molar-refractivity contribution >= 4 is 17.4 Å². The quantitative estimate of drug-likeness (QED) is 0.668. The predicted molar refractivity (Wildman–Crippen MR) is 78.1 cm³/mol. The Bertz CT molecular complexity index is 540. The van der Waals surface area contributed by atoms with Gasteiger partial charge in [-0.05, 0) is 30.7 Å². The second kappa shape index (κ2) is 5.83. The van der Waals surface area contributed by atoms with Crippen LogP contribution in [-0.2, 0) is 5.75 Å². The SMILES string of the molecule is COc1ccccc1CSc1cccc(N)c1C. The molecule has 2 nitrogen and oxygen atoms in total. The number of methoxy groups -OCH3 is 1. The highest BCUT2D eigenvalue weighted by Gasteiger charge is 2.05. The van der Waals surface area contributed by atoms with Gasteiger partial charge >= 0.3 is 0 Å². The molecule has 0 heterocycles. The van der Waals surface area contributed by atoms with Crippen LogP contribution in [0.4, 0.5) is 5.69 Å². The Kier molecular flexibility index (Phi) is 4.15. The fraction of sp³-hybridized carbons (Fsp3) is 0.200. The van der Waals surface area contributed by atoms with E-state index in [-0.39, 0.29) is 0 Å². The molecule has 0 saturated carbocycles. The number of benzene rings is 2. The fourth-order valence-electron chi connectivity index (χ4n) is 1.77. The lowest BCUT2D eigenvalue weighted by Gasteiger charge is -2.10. The number of ether oxygens (including phenoxy) is 1. The van der Waals surface area contributed by atoms with Gasteiger partial charge in [0.1, 0.15) is 5.75 Å². The van der Waals surface area contributed by atoms with E-state index in [1.807, 2.05) is 30.3 Å². The summed E-state index contributed by atoms with van der Waals surface area (Å²) in [5.74, 6) is 1.82. The molecule has 0 radical (unpaired) electrons. The summed E-state index contributed by atoms with van der Waals surface area (Å²) in [6, 6.07) is 14.1. The molecule has 0 saturated heterocycles. The minimum absolute atomic E-state index is 0.847. The zero-order valence-electron chi connectivity index (χ0n) is 10.6. The van der Waals surface area contributed by atoms with Crippen LogP contribution in [0.5, 0.6) is 5.75 Å². The van der Waals surface area contributed by atoms with E-state index in [0.29, 0.717) is 0 Å². The molecule has 94 valence electrons. The molecule has 0 aliphatic carbocycles. The zero-order valence-corrected chi connectivity index (χ0v) is 11.5. The van der Waals surface area contributed by atoms with Crippen molar-refractivity contribution < 1.29 is 4.74 Å². The Morgan fingerprint density at radius 2 is 1.89 bits per heavy atom. The van der Waals surface area contributed by atoms with Crippen LogP contribution in [0.25, 0.3) is 0 Å². The molecule has 0 fully saturated rings. The van der Waals surface area contributed by atoms with Gasteiger partial charge in [-0.25, -0.2) is 0 Å². The van der Waals surface area contributed by atoms with E-state index in [1.165, 1.54) is 10.5 Å². The van der Waals surface area contributed by atoms with E-state index in [9.17, 15) is 0 Å². The van der Waals surface area contributed by atoms with Gasteiger partial charge in [0.05, 0.1) is 7.11 Å². The zero-order chi connectivity index (χ0) is 13.0. The second-order valence-corrected chi connectivity index (χ2v) is 5.09. The lowest BCUT2D eigenvalue weighted by molar-refractivity contribution is 0.411. The summed E-state index contributed by atoms with van der Waals surface area (Å²) >= 11 is 1.78. The average molecular weight is 259 g/mol. The monoisotopic (exact) mass is 259 g/mol. The summed E-state index contributed by atoms with van der Waals surface area (Å²) in [7, 11) is 1.70. The molecule has 0 unspecified atom stereocenters. The van der Waals surface area contributed by atoms with Crippen molar-refractivity contribution in [2.45, 2.75) is 17.6 Å². The van der Waals surface area contributed by atoms with Crippen molar-refractivity contribution in [3.63, 3.8) is 0 Å². The third-order valence-electron chi connectivity index (χ3n) is 2.90. The van der Waals surface area contributed by atoms with Gasteiger partial charge in [0.2, 0.25) is 0 Å². The highest BCUT2D eigenvalue weighted by atomic mass is 32.2. The first-order valence-electron chi connectivity index (χ1n) is 5.82. The maximum atomic E-state index is 5.91. The third kappa shape index (κ3) is 2.79. The number of nitrogen functional groups attached to an aromatic ring is 1. The molecule has 18 heavy (non-hydrogen) atoms. The molecule has 0 atom stereocenters. The average Bonchev–Trinajstić information content (AvgIpc) is 2.41. The van der Waals surface area contributed by atoms with E-state index in [0.717, 1.165) is 22.8 Å². The van der Waals surface area contributed by atoms with E-state index < -0.39 is 0 Å². The largest absolute Gasteiger partial charge is 0.496 e. The molecule has 0 spiro atoms. The van der Waals surface area contributed by atoms with Crippen molar-refractivity contribution in [1.82, 2.24) is 0 Å².